The SMILES string of the molecule is CC(C)(C)OC(=O)N1CC=C(S(C)(=O)=O)CC1. The highest BCUT2D eigenvalue weighted by atomic mass is 32.2. The molecule has 0 bridgehead atoms. The van der Waals surface area contributed by atoms with Crippen LogP contribution < -0.4 is 0 Å². The van der Waals surface area contributed by atoms with Crippen LogP contribution in [-0.4, -0.2) is 44.4 Å². The minimum atomic E-state index is -3.13. The maximum Gasteiger partial charge on any atom is 0.410 e. The fourth-order valence-electron chi connectivity index (χ4n) is 1.48. The van der Waals surface area contributed by atoms with Crippen LogP contribution in [-0.2, 0) is 14.6 Å². The van der Waals surface area contributed by atoms with E-state index in [9.17, 15) is 13.2 Å². The highest BCUT2D eigenvalue weighted by Gasteiger charge is 2.25. The molecule has 0 aliphatic carbocycles. The normalized spacial score (nSPS) is 17.6. The van der Waals surface area contributed by atoms with E-state index in [1.165, 1.54) is 11.2 Å². The summed E-state index contributed by atoms with van der Waals surface area (Å²) in [5.41, 5.74) is -0.530. The van der Waals surface area contributed by atoms with Crippen LogP contribution in [0.15, 0.2) is 11.0 Å². The quantitative estimate of drug-likeness (QED) is 0.718. The first-order valence-electron chi connectivity index (χ1n) is 5.46. The number of hydrogen-bond donors (Lipinski definition) is 0. The Labute approximate surface area is 102 Å². The van der Waals surface area contributed by atoms with Crippen molar-refractivity contribution in [2.24, 2.45) is 0 Å². The molecule has 1 aliphatic rings. The number of carbonyl (C=O) groups excluding carboxylic acids is 1. The van der Waals surface area contributed by atoms with Gasteiger partial charge in [0.2, 0.25) is 0 Å². The maximum atomic E-state index is 11.7. The molecule has 0 aromatic rings. The molecule has 0 fully saturated rings. The van der Waals surface area contributed by atoms with Crippen molar-refractivity contribution in [2.75, 3.05) is 19.3 Å². The largest absolute Gasteiger partial charge is 0.444 e. The molecule has 0 N–H and O–H groups in total. The van der Waals surface area contributed by atoms with Crippen LogP contribution in [0.5, 0.6) is 0 Å². The number of nitrogens with zero attached hydrogens (tertiary/aromatic N) is 1. The van der Waals surface area contributed by atoms with Crippen LogP contribution in [0.3, 0.4) is 0 Å². The summed E-state index contributed by atoms with van der Waals surface area (Å²) in [5.74, 6) is 0. The van der Waals surface area contributed by atoms with Gasteiger partial charge in [-0.2, -0.15) is 0 Å². The molecule has 0 saturated heterocycles. The maximum absolute atomic E-state index is 11.7. The molecule has 0 atom stereocenters. The second-order valence-electron chi connectivity index (χ2n) is 5.12. The third kappa shape index (κ3) is 4.38. The average Bonchev–Trinajstić information content (AvgIpc) is 2.14. The molecule has 98 valence electrons. The molecule has 0 unspecified atom stereocenters. The molecule has 5 nitrogen and oxygen atoms in total. The smallest absolute Gasteiger partial charge is 0.410 e. The van der Waals surface area contributed by atoms with Crippen molar-refractivity contribution in [2.45, 2.75) is 32.8 Å². The Morgan fingerprint density at radius 2 is 2.00 bits per heavy atom. The van der Waals surface area contributed by atoms with Gasteiger partial charge in [0.15, 0.2) is 9.84 Å². The topological polar surface area (TPSA) is 63.7 Å². The predicted molar refractivity (Wildman–Crippen MR) is 65.4 cm³/mol. The van der Waals surface area contributed by atoms with Gasteiger partial charge in [0.25, 0.3) is 0 Å². The predicted octanol–water partition coefficient (Wildman–Crippen LogP) is 1.56. The van der Waals surface area contributed by atoms with Gasteiger partial charge < -0.3 is 9.64 Å². The van der Waals surface area contributed by atoms with Gasteiger partial charge in [-0.1, -0.05) is 6.08 Å². The van der Waals surface area contributed by atoms with E-state index in [1.807, 2.05) is 0 Å². The third-order valence-electron chi connectivity index (χ3n) is 2.30. The van der Waals surface area contributed by atoms with E-state index in [0.717, 1.165) is 0 Å². The van der Waals surface area contributed by atoms with Gasteiger partial charge in [-0.25, -0.2) is 13.2 Å². The van der Waals surface area contributed by atoms with Gasteiger partial charge in [-0.3, -0.25) is 0 Å². The second-order valence-corrected chi connectivity index (χ2v) is 7.19. The number of sulfone groups is 1. The van der Waals surface area contributed by atoms with Crippen LogP contribution in [0.4, 0.5) is 4.79 Å². The van der Waals surface area contributed by atoms with Crippen LogP contribution in [0.1, 0.15) is 27.2 Å². The highest BCUT2D eigenvalue weighted by molar-refractivity contribution is 7.94. The van der Waals surface area contributed by atoms with Crippen LogP contribution in [0.2, 0.25) is 0 Å². The van der Waals surface area contributed by atoms with E-state index >= 15 is 0 Å². The summed E-state index contributed by atoms with van der Waals surface area (Å²) >= 11 is 0. The summed E-state index contributed by atoms with van der Waals surface area (Å²) in [5, 5.41) is 0. The van der Waals surface area contributed by atoms with Crippen molar-refractivity contribution in [3.8, 4) is 0 Å². The van der Waals surface area contributed by atoms with Crippen LogP contribution in [0.25, 0.3) is 0 Å². The van der Waals surface area contributed by atoms with Crippen molar-refractivity contribution in [1.29, 1.82) is 0 Å². The lowest BCUT2D eigenvalue weighted by molar-refractivity contribution is 0.0267. The highest BCUT2D eigenvalue weighted by Crippen LogP contribution is 2.18. The van der Waals surface area contributed by atoms with Gasteiger partial charge in [0.05, 0.1) is 0 Å². The molecule has 1 amide bonds. The first kappa shape index (κ1) is 14.0. The minimum Gasteiger partial charge on any atom is -0.444 e. The Balaban J connectivity index is 2.64. The van der Waals surface area contributed by atoms with Crippen LogP contribution >= 0.6 is 0 Å². The summed E-state index contributed by atoms with van der Waals surface area (Å²) in [6.45, 7) is 6.07. The van der Waals surface area contributed by atoms with Crippen molar-refractivity contribution in [3.63, 3.8) is 0 Å². The zero-order chi connectivity index (χ0) is 13.3. The third-order valence-corrected chi connectivity index (χ3v) is 3.62. The van der Waals surface area contributed by atoms with Crippen molar-refractivity contribution >= 4 is 15.9 Å². The van der Waals surface area contributed by atoms with Gasteiger partial charge in [-0.05, 0) is 20.8 Å². The molecular formula is C11H19NO4S. The van der Waals surface area contributed by atoms with Crippen molar-refractivity contribution in [1.82, 2.24) is 4.90 Å². The number of rotatable bonds is 1. The molecule has 0 radical (unpaired) electrons. The van der Waals surface area contributed by atoms with E-state index in [2.05, 4.69) is 0 Å². The molecule has 0 spiro atoms. The number of ether oxygens (including phenoxy) is 1. The standard InChI is InChI=1S/C11H19NO4S/c1-11(2,3)16-10(13)12-7-5-9(6-8-12)17(4,14)15/h5H,6-8H2,1-4H3. The minimum absolute atomic E-state index is 0.289. The first-order valence-corrected chi connectivity index (χ1v) is 7.36. The molecule has 6 heteroatoms. The molecule has 0 aromatic heterocycles. The van der Waals surface area contributed by atoms with E-state index in [1.54, 1.807) is 26.8 Å². The molecule has 1 aliphatic heterocycles. The fourth-order valence-corrected chi connectivity index (χ4v) is 2.32. The second kappa shape index (κ2) is 4.68. The summed E-state index contributed by atoms with van der Waals surface area (Å²) in [6.07, 6.45) is 2.71. The Morgan fingerprint density at radius 1 is 1.41 bits per heavy atom. The lowest BCUT2D eigenvalue weighted by Crippen LogP contribution is -2.39. The molecule has 1 heterocycles. The average molecular weight is 261 g/mol. The van der Waals surface area contributed by atoms with Gasteiger partial charge >= 0.3 is 6.09 Å². The Bertz CT molecular complexity index is 431. The number of amides is 1. The van der Waals surface area contributed by atoms with Gasteiger partial charge in [0, 0.05) is 30.7 Å². The Morgan fingerprint density at radius 3 is 2.35 bits per heavy atom. The number of carbonyl (C=O) groups is 1. The zero-order valence-corrected chi connectivity index (χ0v) is 11.5. The molecule has 17 heavy (non-hydrogen) atoms. The van der Waals surface area contributed by atoms with E-state index in [4.69, 9.17) is 4.74 Å². The van der Waals surface area contributed by atoms with Crippen LogP contribution in [0, 0.1) is 0 Å². The summed E-state index contributed by atoms with van der Waals surface area (Å²) in [6, 6.07) is 0. The number of hydrogen-bond acceptors (Lipinski definition) is 4. The Kier molecular flexibility index (Phi) is 3.86. The monoisotopic (exact) mass is 261 g/mol. The van der Waals surface area contributed by atoms with Gasteiger partial charge in [0.1, 0.15) is 5.60 Å². The summed E-state index contributed by atoms with van der Waals surface area (Å²) < 4.78 is 27.8. The van der Waals surface area contributed by atoms with E-state index in [0.29, 0.717) is 17.9 Å². The fraction of sp³-hybridized carbons (Fsp3) is 0.727. The van der Waals surface area contributed by atoms with Crippen molar-refractivity contribution in [3.05, 3.63) is 11.0 Å². The van der Waals surface area contributed by atoms with E-state index < -0.39 is 21.5 Å². The molecule has 0 saturated carbocycles. The van der Waals surface area contributed by atoms with E-state index in [-0.39, 0.29) is 6.54 Å². The zero-order valence-electron chi connectivity index (χ0n) is 10.7. The molecular weight excluding hydrogens is 242 g/mol. The summed E-state index contributed by atoms with van der Waals surface area (Å²) in [7, 11) is -3.13. The summed E-state index contributed by atoms with van der Waals surface area (Å²) in [4.78, 5) is 13.6. The molecule has 0 aromatic carbocycles. The lowest BCUT2D eigenvalue weighted by atomic mass is 10.2. The van der Waals surface area contributed by atoms with Gasteiger partial charge in [-0.15, -0.1) is 0 Å². The Hall–Kier alpha value is -1.04. The lowest BCUT2D eigenvalue weighted by Gasteiger charge is -2.29. The first-order chi connectivity index (χ1) is 7.59. The van der Waals surface area contributed by atoms with Crippen molar-refractivity contribution < 1.29 is 17.9 Å². The molecule has 1 rings (SSSR count).